The first-order chi connectivity index (χ1) is 13.0. The highest BCUT2D eigenvalue weighted by atomic mass is 16.5. The monoisotopic (exact) mass is 375 g/mol. The van der Waals surface area contributed by atoms with Gasteiger partial charge in [-0.05, 0) is 24.6 Å². The fourth-order valence-corrected chi connectivity index (χ4v) is 3.50. The maximum atomic E-state index is 12.8. The number of anilines is 1. The van der Waals surface area contributed by atoms with E-state index in [4.69, 9.17) is 9.47 Å². The Labute approximate surface area is 160 Å². The van der Waals surface area contributed by atoms with Crippen LogP contribution in [0.5, 0.6) is 5.75 Å². The van der Waals surface area contributed by atoms with Crippen molar-refractivity contribution in [2.45, 2.75) is 25.8 Å². The highest BCUT2D eigenvalue weighted by Gasteiger charge is 2.29. The van der Waals surface area contributed by atoms with Crippen LogP contribution in [0.2, 0.25) is 0 Å². The summed E-state index contributed by atoms with van der Waals surface area (Å²) in [6.07, 6.45) is 1.34. The predicted molar refractivity (Wildman–Crippen MR) is 103 cm³/mol. The lowest BCUT2D eigenvalue weighted by atomic mass is 10.1. The van der Waals surface area contributed by atoms with Gasteiger partial charge in [-0.1, -0.05) is 6.92 Å². The topological polar surface area (TPSA) is 62.3 Å². The van der Waals surface area contributed by atoms with Crippen LogP contribution in [-0.2, 0) is 9.53 Å². The van der Waals surface area contributed by atoms with Crippen molar-refractivity contribution < 1.29 is 19.1 Å². The molecule has 0 saturated carbocycles. The lowest BCUT2D eigenvalue weighted by Gasteiger charge is -2.36. The molecule has 0 bridgehead atoms. The number of benzene rings is 1. The fourth-order valence-electron chi connectivity index (χ4n) is 3.50. The predicted octanol–water partition coefficient (Wildman–Crippen LogP) is 1.61. The molecule has 1 aromatic rings. The van der Waals surface area contributed by atoms with Crippen LogP contribution in [0.15, 0.2) is 18.2 Å². The van der Waals surface area contributed by atoms with E-state index in [1.807, 2.05) is 37.2 Å². The van der Waals surface area contributed by atoms with Gasteiger partial charge in [0.25, 0.3) is 5.91 Å². The van der Waals surface area contributed by atoms with Crippen LogP contribution in [0, 0.1) is 0 Å². The van der Waals surface area contributed by atoms with E-state index in [1.165, 1.54) is 0 Å². The van der Waals surface area contributed by atoms with E-state index in [0.717, 1.165) is 24.4 Å². The Morgan fingerprint density at radius 3 is 2.70 bits per heavy atom. The zero-order chi connectivity index (χ0) is 19.4. The third kappa shape index (κ3) is 4.35. The molecule has 1 fully saturated rings. The largest absolute Gasteiger partial charge is 0.489 e. The van der Waals surface area contributed by atoms with Gasteiger partial charge in [-0.25, -0.2) is 0 Å². The van der Waals surface area contributed by atoms with Gasteiger partial charge in [0.05, 0.1) is 31.4 Å². The number of ether oxygens (including phenoxy) is 2. The molecule has 2 aliphatic rings. The summed E-state index contributed by atoms with van der Waals surface area (Å²) in [4.78, 5) is 30.8. The first kappa shape index (κ1) is 19.5. The second-order valence-electron chi connectivity index (χ2n) is 7.18. The van der Waals surface area contributed by atoms with Crippen molar-refractivity contribution in [3.63, 3.8) is 0 Å². The van der Waals surface area contributed by atoms with Crippen LogP contribution in [0.3, 0.4) is 0 Å². The molecule has 0 aromatic heterocycles. The van der Waals surface area contributed by atoms with Crippen molar-refractivity contribution in [1.29, 1.82) is 0 Å². The van der Waals surface area contributed by atoms with E-state index in [2.05, 4.69) is 11.8 Å². The van der Waals surface area contributed by atoms with Crippen LogP contribution >= 0.6 is 0 Å². The molecule has 1 atom stereocenters. The molecule has 2 amide bonds. The van der Waals surface area contributed by atoms with Gasteiger partial charge in [0, 0.05) is 39.3 Å². The van der Waals surface area contributed by atoms with Crippen LogP contribution in [0.4, 0.5) is 5.69 Å². The van der Waals surface area contributed by atoms with Gasteiger partial charge in [0.2, 0.25) is 5.91 Å². The van der Waals surface area contributed by atoms with E-state index in [0.29, 0.717) is 44.9 Å². The van der Waals surface area contributed by atoms with Crippen molar-refractivity contribution >= 4 is 17.5 Å². The quantitative estimate of drug-likeness (QED) is 0.783. The highest BCUT2D eigenvalue weighted by Crippen LogP contribution is 2.35. The standard InChI is InChI=1S/C20H29N3O4/c1-4-7-21(2)19(24)13-16-14-27-18-6-5-15(12-17(18)22(16)3)20(25)23-8-10-26-11-9-23/h5-6,12,16H,4,7-11,13-14H2,1-3H3. The number of hydrogen-bond donors (Lipinski definition) is 0. The van der Waals surface area contributed by atoms with E-state index in [-0.39, 0.29) is 17.9 Å². The molecule has 0 radical (unpaired) electrons. The molecule has 7 nitrogen and oxygen atoms in total. The van der Waals surface area contributed by atoms with E-state index in [9.17, 15) is 9.59 Å². The molecule has 0 aliphatic carbocycles. The number of fused-ring (bicyclic) bond motifs is 1. The van der Waals surface area contributed by atoms with Crippen molar-refractivity contribution in [1.82, 2.24) is 9.80 Å². The molecule has 3 rings (SSSR count). The first-order valence-electron chi connectivity index (χ1n) is 9.62. The van der Waals surface area contributed by atoms with Gasteiger partial charge < -0.3 is 24.2 Å². The number of rotatable bonds is 5. The zero-order valence-corrected chi connectivity index (χ0v) is 16.4. The third-order valence-electron chi connectivity index (χ3n) is 5.26. The maximum absolute atomic E-state index is 12.8. The minimum Gasteiger partial charge on any atom is -0.489 e. The van der Waals surface area contributed by atoms with Crippen LogP contribution in [0.1, 0.15) is 30.1 Å². The van der Waals surface area contributed by atoms with Gasteiger partial charge >= 0.3 is 0 Å². The lowest BCUT2D eigenvalue weighted by molar-refractivity contribution is -0.130. The van der Waals surface area contributed by atoms with Crippen molar-refractivity contribution in [3.8, 4) is 5.75 Å². The normalized spacial score (nSPS) is 19.3. The molecular formula is C20H29N3O4. The number of carbonyl (C=O) groups excluding carboxylic acids is 2. The second-order valence-corrected chi connectivity index (χ2v) is 7.18. The first-order valence-corrected chi connectivity index (χ1v) is 9.62. The van der Waals surface area contributed by atoms with E-state index < -0.39 is 0 Å². The average molecular weight is 375 g/mol. The van der Waals surface area contributed by atoms with Crippen molar-refractivity contribution in [3.05, 3.63) is 23.8 Å². The molecule has 1 aromatic carbocycles. The molecule has 0 spiro atoms. The number of morpholine rings is 1. The molecule has 2 heterocycles. The van der Waals surface area contributed by atoms with Gasteiger partial charge in [0.1, 0.15) is 12.4 Å². The summed E-state index contributed by atoms with van der Waals surface area (Å²) in [5.74, 6) is 0.873. The Balaban J connectivity index is 1.73. The lowest BCUT2D eigenvalue weighted by Crippen LogP contribution is -2.44. The Morgan fingerprint density at radius 2 is 2.00 bits per heavy atom. The molecule has 1 unspecified atom stereocenters. The number of hydrogen-bond acceptors (Lipinski definition) is 5. The minimum atomic E-state index is -0.0435. The van der Waals surface area contributed by atoms with Gasteiger partial charge in [-0.2, -0.15) is 0 Å². The molecule has 27 heavy (non-hydrogen) atoms. The van der Waals surface area contributed by atoms with Crippen LogP contribution in [0.25, 0.3) is 0 Å². The zero-order valence-electron chi connectivity index (χ0n) is 16.4. The number of carbonyl (C=O) groups is 2. The van der Waals surface area contributed by atoms with Gasteiger partial charge in [-0.15, -0.1) is 0 Å². The fraction of sp³-hybridized carbons (Fsp3) is 0.600. The molecular weight excluding hydrogens is 346 g/mol. The summed E-state index contributed by atoms with van der Waals surface area (Å²) < 4.78 is 11.2. The minimum absolute atomic E-state index is 0.00961. The molecule has 0 N–H and O–H groups in total. The Hall–Kier alpha value is -2.28. The maximum Gasteiger partial charge on any atom is 0.254 e. The molecule has 7 heteroatoms. The Morgan fingerprint density at radius 1 is 1.26 bits per heavy atom. The van der Waals surface area contributed by atoms with Crippen molar-refractivity contribution in [2.24, 2.45) is 0 Å². The third-order valence-corrected chi connectivity index (χ3v) is 5.26. The summed E-state index contributed by atoms with van der Waals surface area (Å²) >= 11 is 0. The summed E-state index contributed by atoms with van der Waals surface area (Å²) in [6.45, 7) is 5.66. The summed E-state index contributed by atoms with van der Waals surface area (Å²) in [5.41, 5.74) is 1.50. The highest BCUT2D eigenvalue weighted by molar-refractivity contribution is 5.96. The summed E-state index contributed by atoms with van der Waals surface area (Å²) in [6, 6.07) is 5.49. The number of nitrogens with zero attached hydrogens (tertiary/aromatic N) is 3. The summed E-state index contributed by atoms with van der Waals surface area (Å²) in [7, 11) is 3.80. The SMILES string of the molecule is CCCN(C)C(=O)CC1COc2ccc(C(=O)N3CCOCC3)cc2N1C. The van der Waals surface area contributed by atoms with E-state index in [1.54, 1.807) is 4.90 Å². The molecule has 2 aliphatic heterocycles. The second kappa shape index (κ2) is 8.61. The average Bonchev–Trinajstić information content (AvgIpc) is 2.70. The summed E-state index contributed by atoms with van der Waals surface area (Å²) in [5, 5.41) is 0. The molecule has 1 saturated heterocycles. The van der Waals surface area contributed by atoms with E-state index >= 15 is 0 Å². The van der Waals surface area contributed by atoms with Gasteiger partial charge in [0.15, 0.2) is 0 Å². The number of amides is 2. The smallest absolute Gasteiger partial charge is 0.254 e. The molecule has 148 valence electrons. The Bertz CT molecular complexity index is 688. The van der Waals surface area contributed by atoms with Crippen LogP contribution < -0.4 is 9.64 Å². The Kier molecular flexibility index (Phi) is 6.21. The van der Waals surface area contributed by atoms with Crippen molar-refractivity contribution in [2.75, 3.05) is 58.5 Å². The van der Waals surface area contributed by atoms with Gasteiger partial charge in [-0.3, -0.25) is 9.59 Å². The number of likely N-dealkylation sites (N-methyl/N-ethyl adjacent to an activating group) is 1. The van der Waals surface area contributed by atoms with Crippen LogP contribution in [-0.4, -0.2) is 81.2 Å².